The van der Waals surface area contributed by atoms with Gasteiger partial charge in [-0.25, -0.2) is 4.79 Å². The van der Waals surface area contributed by atoms with E-state index < -0.39 is 17.6 Å². The quantitative estimate of drug-likeness (QED) is 0.253. The van der Waals surface area contributed by atoms with Crippen molar-refractivity contribution >= 4 is 55.8 Å². The molecule has 0 fully saturated rings. The van der Waals surface area contributed by atoms with Crippen LogP contribution in [0.4, 0.5) is 5.69 Å². The molecule has 7 nitrogen and oxygen atoms in total. The van der Waals surface area contributed by atoms with Crippen LogP contribution in [-0.2, 0) is 11.2 Å². The third-order valence-corrected chi connectivity index (χ3v) is 6.32. The number of fused-ring (bicyclic) bond motifs is 1. The fraction of sp³-hybridized carbons (Fsp3) is 0.179. The van der Waals surface area contributed by atoms with E-state index in [0.717, 1.165) is 11.1 Å². The lowest BCUT2D eigenvalue weighted by Gasteiger charge is -2.19. The number of amides is 2. The van der Waals surface area contributed by atoms with Crippen LogP contribution in [0.15, 0.2) is 82.0 Å². The summed E-state index contributed by atoms with van der Waals surface area (Å²) >= 11 is 9.61. The maximum atomic E-state index is 13.3. The van der Waals surface area contributed by atoms with Crippen LogP contribution in [-0.4, -0.2) is 29.8 Å². The lowest BCUT2D eigenvalue weighted by Crippen LogP contribution is -2.45. The minimum absolute atomic E-state index is 0.0582. The number of hydrogen-bond donors (Lipinski definition) is 2. The van der Waals surface area contributed by atoms with Crippen molar-refractivity contribution in [3.05, 3.63) is 105 Å². The summed E-state index contributed by atoms with van der Waals surface area (Å²) in [6, 6.07) is 20.3. The second-order valence-corrected chi connectivity index (χ2v) is 9.53. The smallest absolute Gasteiger partial charge is 0.346 e. The Morgan fingerprint density at radius 3 is 2.46 bits per heavy atom. The summed E-state index contributed by atoms with van der Waals surface area (Å²) in [4.78, 5) is 38.8. The van der Waals surface area contributed by atoms with Crippen LogP contribution in [0, 0.1) is 6.92 Å². The molecule has 9 heteroatoms. The Balaban J connectivity index is 1.58. The topological polar surface area (TPSA) is 97.6 Å². The van der Waals surface area contributed by atoms with Crippen molar-refractivity contribution in [2.45, 2.75) is 19.4 Å². The zero-order valence-electron chi connectivity index (χ0n) is 19.9. The van der Waals surface area contributed by atoms with Crippen molar-refractivity contribution in [1.29, 1.82) is 0 Å². The van der Waals surface area contributed by atoms with Crippen LogP contribution < -0.4 is 21.0 Å². The third-order valence-electron chi connectivity index (χ3n) is 5.64. The molecule has 0 unspecified atom stereocenters. The fourth-order valence-electron chi connectivity index (χ4n) is 3.74. The summed E-state index contributed by atoms with van der Waals surface area (Å²) in [7, 11) is 0. The molecule has 1 aromatic heterocycles. The highest BCUT2D eigenvalue weighted by Gasteiger charge is 2.23. The molecule has 1 heterocycles. The zero-order valence-corrected chi connectivity index (χ0v) is 22.3. The van der Waals surface area contributed by atoms with Crippen molar-refractivity contribution in [3.63, 3.8) is 0 Å². The number of ether oxygens (including phenoxy) is 1. The molecule has 3 aromatic carbocycles. The zero-order chi connectivity index (χ0) is 26.4. The number of alkyl halides is 1. The first-order chi connectivity index (χ1) is 17.9. The highest BCUT2D eigenvalue weighted by molar-refractivity contribution is 9.09. The predicted molar refractivity (Wildman–Crippen MR) is 148 cm³/mol. The maximum Gasteiger partial charge on any atom is 0.346 e. The summed E-state index contributed by atoms with van der Waals surface area (Å²) < 4.78 is 10.6. The van der Waals surface area contributed by atoms with E-state index in [-0.39, 0.29) is 35.3 Å². The number of anilines is 1. The molecule has 4 rings (SSSR count). The molecule has 0 aliphatic rings. The average Bonchev–Trinajstić information content (AvgIpc) is 2.90. The lowest BCUT2D eigenvalue weighted by atomic mass is 10.0. The molecular weight excluding hydrogens is 560 g/mol. The highest BCUT2D eigenvalue weighted by atomic mass is 79.9. The molecule has 4 aromatic rings. The molecule has 2 amide bonds. The van der Waals surface area contributed by atoms with Crippen molar-refractivity contribution in [1.82, 2.24) is 5.32 Å². The van der Waals surface area contributed by atoms with Gasteiger partial charge in [-0.05, 0) is 36.8 Å². The predicted octanol–water partition coefficient (Wildman–Crippen LogP) is 5.51. The van der Waals surface area contributed by atoms with Gasteiger partial charge >= 0.3 is 11.6 Å². The Labute approximate surface area is 226 Å². The van der Waals surface area contributed by atoms with E-state index >= 15 is 0 Å². The Morgan fingerprint density at radius 1 is 1.03 bits per heavy atom. The van der Waals surface area contributed by atoms with E-state index in [1.165, 1.54) is 6.07 Å². The van der Waals surface area contributed by atoms with Gasteiger partial charge in [0.25, 0.3) is 5.91 Å². The largest absolute Gasteiger partial charge is 0.463 e. The number of halogens is 2. The van der Waals surface area contributed by atoms with Crippen molar-refractivity contribution in [3.8, 4) is 5.95 Å². The Bertz CT molecular complexity index is 1470. The van der Waals surface area contributed by atoms with Gasteiger partial charge in [0.1, 0.15) is 17.7 Å². The van der Waals surface area contributed by atoms with Gasteiger partial charge in [-0.2, -0.15) is 0 Å². The Hall–Kier alpha value is -3.62. The molecule has 0 spiro atoms. The first kappa shape index (κ1) is 26.4. The third kappa shape index (κ3) is 6.58. The van der Waals surface area contributed by atoms with Gasteiger partial charge < -0.3 is 19.8 Å². The van der Waals surface area contributed by atoms with E-state index in [9.17, 15) is 14.4 Å². The fourth-order valence-corrected chi connectivity index (χ4v) is 4.16. The molecular formula is C28H24BrClN2O5. The first-order valence-corrected chi connectivity index (χ1v) is 13.0. The van der Waals surface area contributed by atoms with Gasteiger partial charge in [-0.1, -0.05) is 81.6 Å². The van der Waals surface area contributed by atoms with Crippen molar-refractivity contribution in [2.24, 2.45) is 0 Å². The summed E-state index contributed by atoms with van der Waals surface area (Å²) in [6.45, 7) is 2.21. The van der Waals surface area contributed by atoms with Crippen LogP contribution in [0.25, 0.3) is 10.8 Å². The normalized spacial score (nSPS) is 11.6. The second-order valence-electron chi connectivity index (χ2n) is 8.36. The molecule has 0 radical (unpaired) electrons. The van der Waals surface area contributed by atoms with Crippen LogP contribution in [0.5, 0.6) is 5.95 Å². The van der Waals surface area contributed by atoms with Crippen LogP contribution >= 0.6 is 27.5 Å². The van der Waals surface area contributed by atoms with Crippen molar-refractivity contribution < 1.29 is 18.7 Å². The van der Waals surface area contributed by atoms with Gasteiger partial charge in [0.2, 0.25) is 5.91 Å². The highest BCUT2D eigenvalue weighted by Crippen LogP contribution is 2.32. The van der Waals surface area contributed by atoms with E-state index in [2.05, 4.69) is 26.6 Å². The Kier molecular flexibility index (Phi) is 8.63. The number of carbonyl (C=O) groups is 2. The summed E-state index contributed by atoms with van der Waals surface area (Å²) in [6.07, 6.45) is 0.278. The summed E-state index contributed by atoms with van der Waals surface area (Å²) in [5, 5.41) is 6.97. The van der Waals surface area contributed by atoms with Gasteiger partial charge in [0.05, 0.1) is 5.39 Å². The molecule has 0 bridgehead atoms. The van der Waals surface area contributed by atoms with E-state index in [1.54, 1.807) is 24.3 Å². The number of benzene rings is 3. The molecule has 1 atom stereocenters. The molecule has 0 aliphatic heterocycles. The summed E-state index contributed by atoms with van der Waals surface area (Å²) in [5.41, 5.74) is 2.07. The molecule has 190 valence electrons. The number of aryl methyl sites for hydroxylation is 1. The molecule has 0 saturated carbocycles. The SMILES string of the molecule is Cc1ccc(C(=O)N[C@@H](Cc2ccccc2)C(=O)Nc2ccc3c(Cl)c(OCCBr)oc(=O)c3c2)cc1. The van der Waals surface area contributed by atoms with Crippen LogP contribution in [0.3, 0.4) is 0 Å². The van der Waals surface area contributed by atoms with Gasteiger partial charge in [0, 0.05) is 28.4 Å². The molecule has 0 aliphatic carbocycles. The molecule has 37 heavy (non-hydrogen) atoms. The summed E-state index contributed by atoms with van der Waals surface area (Å²) in [5.74, 6) is -0.855. The van der Waals surface area contributed by atoms with Crippen LogP contribution in [0.2, 0.25) is 5.02 Å². The van der Waals surface area contributed by atoms with Gasteiger partial charge in [0.15, 0.2) is 0 Å². The molecule has 2 N–H and O–H groups in total. The Morgan fingerprint density at radius 2 is 1.76 bits per heavy atom. The van der Waals surface area contributed by atoms with Gasteiger partial charge in [-0.15, -0.1) is 0 Å². The molecule has 0 saturated heterocycles. The van der Waals surface area contributed by atoms with E-state index in [4.69, 9.17) is 20.8 Å². The second kappa shape index (κ2) is 12.1. The number of hydrogen-bond acceptors (Lipinski definition) is 5. The average molecular weight is 584 g/mol. The maximum absolute atomic E-state index is 13.3. The van der Waals surface area contributed by atoms with E-state index in [1.807, 2.05) is 49.4 Å². The van der Waals surface area contributed by atoms with E-state index in [0.29, 0.717) is 22.0 Å². The standard InChI is InChI=1S/C28H24BrClN2O5/c1-17-7-9-19(10-8-17)25(33)32-23(15-18-5-3-2-4-6-18)26(34)31-20-11-12-21-22(16-20)27(35)37-28(24(21)30)36-14-13-29/h2-12,16,23H,13-15H2,1H3,(H,31,34)(H,32,33)/t23-/m0/s1. The van der Waals surface area contributed by atoms with Crippen molar-refractivity contribution in [2.75, 3.05) is 17.3 Å². The number of rotatable bonds is 9. The van der Waals surface area contributed by atoms with Gasteiger partial charge in [-0.3, -0.25) is 9.59 Å². The minimum Gasteiger partial charge on any atom is -0.463 e. The first-order valence-electron chi connectivity index (χ1n) is 11.5. The number of nitrogens with one attached hydrogen (secondary N) is 2. The number of carbonyl (C=O) groups excluding carboxylic acids is 2. The van der Waals surface area contributed by atoms with Crippen LogP contribution in [0.1, 0.15) is 21.5 Å². The monoisotopic (exact) mass is 582 g/mol. The minimum atomic E-state index is -0.869. The lowest BCUT2D eigenvalue weighted by molar-refractivity contribution is -0.118.